The second kappa shape index (κ2) is 76.7. The fraction of sp³-hybridized carbons (Fsp3) is 0.393. The number of methoxy groups -OCH3 is 4. The van der Waals surface area contributed by atoms with E-state index in [-0.39, 0.29) is 149 Å². The summed E-state index contributed by atoms with van der Waals surface area (Å²) in [5, 5.41) is 71.5. The zero-order chi connectivity index (χ0) is 69.0. The van der Waals surface area contributed by atoms with Gasteiger partial charge in [0, 0.05) is 136 Å². The molecule has 0 saturated carbocycles. The number of carbonyl (C=O) groups is 6. The predicted octanol–water partition coefficient (Wildman–Crippen LogP) is -1.66. The van der Waals surface area contributed by atoms with Crippen molar-refractivity contribution in [1.29, 1.82) is 0 Å². The summed E-state index contributed by atoms with van der Waals surface area (Å²) in [6, 6.07) is 19.4. The molecular weight excluding hydrogens is 1420 g/mol. The van der Waals surface area contributed by atoms with Crippen molar-refractivity contribution in [2.45, 2.75) is 12.2 Å². The Morgan fingerprint density at radius 2 is 0.489 bits per heavy atom. The molecular formula is C56H86N16Ni4O18+2. The van der Waals surface area contributed by atoms with Crippen LogP contribution in [0.15, 0.2) is 92.8 Å². The van der Waals surface area contributed by atoms with Crippen LogP contribution in [0.3, 0.4) is 0 Å². The molecule has 4 aromatic rings. The molecule has 0 atom stereocenters. The third-order valence-corrected chi connectivity index (χ3v) is 8.34. The summed E-state index contributed by atoms with van der Waals surface area (Å²) in [5.41, 5.74) is 28.4. The first-order valence-corrected chi connectivity index (χ1v) is 24.9. The number of para-hydroxylation sites is 4. The third kappa shape index (κ3) is 67.6. The average molecular weight is 1510 g/mol. The second-order valence-electron chi connectivity index (χ2n) is 17.3. The summed E-state index contributed by atoms with van der Waals surface area (Å²) in [7, 11) is 25.9. The van der Waals surface area contributed by atoms with Crippen molar-refractivity contribution in [2.75, 3.05) is 139 Å². The number of amides is 6. The minimum absolute atomic E-state index is 0. The summed E-state index contributed by atoms with van der Waals surface area (Å²) in [6.45, 7) is -0.126. The molecule has 0 unspecified atom stereocenters. The Hall–Kier alpha value is -8.79. The molecule has 38 heteroatoms. The molecule has 0 aromatic heterocycles. The standard InChI is InChI=1S/2C19H21N2O5.6C3H7NO.2N3.4Ni.2H2O/c2*1-25-16-7-3-5-13(18(16)23)9-20-11-15(22)12-21-10-14-6-4-8-17(26-2)19(14)24;6*1-4(2)3-5;2*1-3-2;;;;;;/h2*3-10,15,23-24H,11-12H2,1-2H3;6*3H,1-2H3;;;;;;;2*1H2/q2*-1;;;;;;;2*-1;4*+2;;/p-2. The van der Waals surface area contributed by atoms with E-state index >= 15 is 0 Å². The molecule has 4 rings (SSSR count). The molecule has 0 aliphatic rings. The van der Waals surface area contributed by atoms with E-state index in [0.717, 1.165) is 38.5 Å². The number of hydrogen-bond donors (Lipinski definition) is 0. The van der Waals surface area contributed by atoms with Gasteiger partial charge in [-0.05, 0) is 46.5 Å². The van der Waals surface area contributed by atoms with E-state index in [4.69, 9.17) is 41.1 Å². The molecule has 0 aliphatic heterocycles. The van der Waals surface area contributed by atoms with Gasteiger partial charge in [-0.25, -0.2) is 0 Å². The van der Waals surface area contributed by atoms with Gasteiger partial charge in [0.05, 0.1) is 28.4 Å². The quantitative estimate of drug-likeness (QED) is 0.0162. The van der Waals surface area contributed by atoms with Gasteiger partial charge in [0.1, 0.15) is 23.0 Å². The van der Waals surface area contributed by atoms with Crippen LogP contribution >= 0.6 is 0 Å². The molecule has 0 radical (unpaired) electrons. The van der Waals surface area contributed by atoms with Crippen LogP contribution in [0.1, 0.15) is 22.3 Å². The summed E-state index contributed by atoms with van der Waals surface area (Å²) < 4.78 is 19.8. The maximum Gasteiger partial charge on any atom is 2.00 e. The van der Waals surface area contributed by atoms with Gasteiger partial charge in [-0.1, -0.05) is 83.7 Å². The van der Waals surface area contributed by atoms with Gasteiger partial charge in [0.25, 0.3) is 0 Å². The zero-order valence-electron chi connectivity index (χ0n) is 54.8. The molecule has 0 spiro atoms. The molecule has 6 N–H and O–H groups in total. The minimum Gasteiger partial charge on any atom is -0.870 e. The summed E-state index contributed by atoms with van der Waals surface area (Å²) in [6.07, 6.45) is 7.77. The Balaban J connectivity index is -0.0000000908. The summed E-state index contributed by atoms with van der Waals surface area (Å²) >= 11 is 0. The Labute approximate surface area is 589 Å². The predicted molar refractivity (Wildman–Crippen MR) is 336 cm³/mol. The molecule has 0 aliphatic carbocycles. The van der Waals surface area contributed by atoms with Crippen LogP contribution in [0.2, 0.25) is 0 Å². The Morgan fingerprint density at radius 1 is 0.362 bits per heavy atom. The van der Waals surface area contributed by atoms with E-state index in [1.807, 2.05) is 0 Å². The second-order valence-corrected chi connectivity index (χ2v) is 17.3. The fourth-order valence-corrected chi connectivity index (χ4v) is 4.37. The smallest absolute Gasteiger partial charge is 0.870 e. The number of hydrogen-bond acceptors (Lipinski definition) is 20. The Kier molecular flexibility index (Phi) is 92.0. The Morgan fingerprint density at radius 3 is 0.596 bits per heavy atom. The topological polar surface area (TPSA) is 530 Å². The fourth-order valence-electron chi connectivity index (χ4n) is 4.37. The van der Waals surface area contributed by atoms with Crippen molar-refractivity contribution >= 4 is 63.3 Å². The van der Waals surface area contributed by atoms with Gasteiger partial charge in [-0.3, -0.25) is 58.6 Å². The van der Waals surface area contributed by atoms with Gasteiger partial charge < -0.3 is 112 Å². The van der Waals surface area contributed by atoms with Crippen LogP contribution in [0, 0.1) is 0 Å². The van der Waals surface area contributed by atoms with Crippen molar-refractivity contribution in [3.8, 4) is 46.0 Å². The van der Waals surface area contributed by atoms with Crippen LogP contribution in [-0.4, -0.2) is 244 Å². The molecule has 6 amide bonds. The van der Waals surface area contributed by atoms with Crippen molar-refractivity contribution in [3.05, 3.63) is 127 Å². The first-order valence-electron chi connectivity index (χ1n) is 24.9. The van der Waals surface area contributed by atoms with Crippen LogP contribution in [0.4, 0.5) is 0 Å². The van der Waals surface area contributed by atoms with E-state index in [1.165, 1.54) is 92.5 Å². The van der Waals surface area contributed by atoms with Crippen LogP contribution in [-0.2, 0) is 106 Å². The molecule has 0 saturated heterocycles. The average Bonchev–Trinajstić information content (AvgIpc) is 1.19. The van der Waals surface area contributed by atoms with E-state index in [9.17, 15) is 59.4 Å². The Bertz CT molecular complexity index is 2360. The molecule has 536 valence electrons. The SMILES string of the molecule is CN(C)C=O.CN(C)C=O.CN(C)C=O.CN(C)C=O.CN(C)C=O.CN(C)C=O.COc1cccc(C=NCC([O-])CN=Cc2cccc(OC)c2[O-])c1[O-].COc1cccc(C=NCC([O-])CN=Cc2cccc(OC)c2[O-])c1[O-].[N-]=[N+]=[N-].[N-]=[N+]=[N-].[Ni+2].[Ni+2].[Ni+2].[Ni+2].[OH3+].[OH3+]. The maximum absolute atomic E-state index is 11.9. The molecule has 4 aromatic carbocycles. The molecule has 0 bridgehead atoms. The first-order chi connectivity index (χ1) is 41.6. The third-order valence-electron chi connectivity index (χ3n) is 8.34. The summed E-state index contributed by atoms with van der Waals surface area (Å²) in [4.78, 5) is 84.2. The van der Waals surface area contributed by atoms with Gasteiger partial charge in [0.2, 0.25) is 38.5 Å². The largest absolute Gasteiger partial charge is 2.00 e. The van der Waals surface area contributed by atoms with Gasteiger partial charge >= 0.3 is 66.0 Å². The van der Waals surface area contributed by atoms with Crippen molar-refractivity contribution in [1.82, 2.24) is 29.4 Å². The molecule has 94 heavy (non-hydrogen) atoms. The molecule has 34 nitrogen and oxygen atoms in total. The van der Waals surface area contributed by atoms with E-state index in [1.54, 1.807) is 157 Å². The number of benzene rings is 4. The van der Waals surface area contributed by atoms with Gasteiger partial charge in [0.15, 0.2) is 0 Å². The molecule has 0 heterocycles. The minimum atomic E-state index is -1.08. The van der Waals surface area contributed by atoms with E-state index < -0.39 is 12.2 Å². The number of ether oxygens (including phenoxy) is 4. The number of aliphatic imine (C=N–C) groups is 4. The number of rotatable bonds is 22. The van der Waals surface area contributed by atoms with Crippen LogP contribution in [0.25, 0.3) is 31.9 Å². The zero-order valence-corrected chi connectivity index (χ0v) is 58.7. The van der Waals surface area contributed by atoms with E-state index in [0.29, 0.717) is 22.3 Å². The van der Waals surface area contributed by atoms with E-state index in [2.05, 4.69) is 20.0 Å². The van der Waals surface area contributed by atoms with Gasteiger partial charge in [-0.15, -0.1) is 0 Å². The van der Waals surface area contributed by atoms with Crippen molar-refractivity contribution in [2.24, 2.45) is 20.0 Å². The van der Waals surface area contributed by atoms with Gasteiger partial charge in [-0.2, -0.15) is 0 Å². The first kappa shape index (κ1) is 113. The number of carbonyl (C=O) groups excluding carboxylic acids is 6. The van der Waals surface area contributed by atoms with Crippen LogP contribution in [0.5, 0.6) is 46.0 Å². The van der Waals surface area contributed by atoms with Crippen LogP contribution < -0.4 is 49.6 Å². The maximum atomic E-state index is 11.9. The number of nitrogens with zero attached hydrogens (tertiary/aromatic N) is 16. The van der Waals surface area contributed by atoms with Crippen molar-refractivity contribution < 1.29 is 155 Å². The monoisotopic (exact) mass is 1500 g/mol. The molecule has 0 fully saturated rings. The summed E-state index contributed by atoms with van der Waals surface area (Å²) in [5.74, 6) is -0.207. The van der Waals surface area contributed by atoms with Crippen molar-refractivity contribution in [3.63, 3.8) is 0 Å². The normalized spacial score (nSPS) is 9.30.